The number of imide groups is 1. The monoisotopic (exact) mass is 369 g/mol. The molecule has 2 aromatic carbocycles. The van der Waals surface area contributed by atoms with Crippen molar-refractivity contribution in [3.05, 3.63) is 65.5 Å². The van der Waals surface area contributed by atoms with Crippen LogP contribution in [0.2, 0.25) is 0 Å². The molecule has 0 aliphatic carbocycles. The largest absolute Gasteiger partial charge is 0.325 e. The van der Waals surface area contributed by atoms with Crippen LogP contribution < -0.4 is 10.6 Å². The van der Waals surface area contributed by atoms with Crippen molar-refractivity contribution in [1.82, 2.24) is 10.2 Å². The number of aryl methyl sites for hydroxylation is 1. The fourth-order valence-electron chi connectivity index (χ4n) is 3.19. The fraction of sp³-hybridized carbons (Fsp3) is 0.250. The summed E-state index contributed by atoms with van der Waals surface area (Å²) in [6, 6.07) is 12.3. The number of carbonyl (C=O) groups is 3. The minimum atomic E-state index is -1.19. The first-order chi connectivity index (χ1) is 12.9. The molecule has 1 saturated heterocycles. The third-order valence-corrected chi connectivity index (χ3v) is 4.75. The van der Waals surface area contributed by atoms with E-state index in [0.717, 1.165) is 4.90 Å². The molecule has 4 amide bonds. The van der Waals surface area contributed by atoms with Crippen LogP contribution in [-0.4, -0.2) is 29.3 Å². The second-order valence-electron chi connectivity index (χ2n) is 6.45. The lowest BCUT2D eigenvalue weighted by Gasteiger charge is -2.25. The average Bonchev–Trinajstić information content (AvgIpc) is 2.90. The van der Waals surface area contributed by atoms with Gasteiger partial charge in [-0.15, -0.1) is 0 Å². The zero-order valence-electron chi connectivity index (χ0n) is 15.1. The summed E-state index contributed by atoms with van der Waals surface area (Å²) in [6.07, 6.45) is 0.350. The number of rotatable bonds is 5. The summed E-state index contributed by atoms with van der Waals surface area (Å²) < 4.78 is 13.4. The number of hydrogen-bond donors (Lipinski definition) is 2. The molecule has 0 bridgehead atoms. The Hall–Kier alpha value is -3.22. The minimum Gasteiger partial charge on any atom is -0.324 e. The third-order valence-electron chi connectivity index (χ3n) is 4.75. The van der Waals surface area contributed by atoms with Gasteiger partial charge >= 0.3 is 6.03 Å². The van der Waals surface area contributed by atoms with E-state index in [1.165, 1.54) is 18.2 Å². The number of hydrogen-bond acceptors (Lipinski definition) is 3. The summed E-state index contributed by atoms with van der Waals surface area (Å²) in [7, 11) is 0. The van der Waals surface area contributed by atoms with E-state index in [1.807, 2.05) is 6.07 Å². The molecule has 1 unspecified atom stereocenters. The first-order valence-corrected chi connectivity index (χ1v) is 8.63. The van der Waals surface area contributed by atoms with Gasteiger partial charge in [0.05, 0.1) is 0 Å². The van der Waals surface area contributed by atoms with Crippen molar-refractivity contribution < 1.29 is 18.8 Å². The summed E-state index contributed by atoms with van der Waals surface area (Å²) in [4.78, 5) is 38.6. The fourth-order valence-corrected chi connectivity index (χ4v) is 3.19. The number of nitrogens with zero attached hydrogens (tertiary/aromatic N) is 1. The maximum Gasteiger partial charge on any atom is 0.325 e. The molecule has 0 aromatic heterocycles. The van der Waals surface area contributed by atoms with Crippen LogP contribution in [-0.2, 0) is 15.1 Å². The Morgan fingerprint density at radius 1 is 1.19 bits per heavy atom. The summed E-state index contributed by atoms with van der Waals surface area (Å²) in [6.45, 7) is 3.07. The van der Waals surface area contributed by atoms with Crippen molar-refractivity contribution in [1.29, 1.82) is 0 Å². The van der Waals surface area contributed by atoms with E-state index in [1.54, 1.807) is 38.1 Å². The van der Waals surface area contributed by atoms with Crippen LogP contribution in [0.4, 0.5) is 14.9 Å². The van der Waals surface area contributed by atoms with Crippen molar-refractivity contribution in [3.63, 3.8) is 0 Å². The maximum atomic E-state index is 13.4. The van der Waals surface area contributed by atoms with Crippen molar-refractivity contribution in [2.75, 3.05) is 11.9 Å². The molecule has 1 fully saturated rings. The number of urea groups is 1. The summed E-state index contributed by atoms with van der Waals surface area (Å²) in [5, 5.41) is 5.27. The highest BCUT2D eigenvalue weighted by molar-refractivity contribution is 6.10. The zero-order valence-corrected chi connectivity index (χ0v) is 15.1. The average molecular weight is 369 g/mol. The number of benzene rings is 2. The van der Waals surface area contributed by atoms with E-state index in [-0.39, 0.29) is 0 Å². The Morgan fingerprint density at radius 2 is 1.89 bits per heavy atom. The molecule has 2 aromatic rings. The second-order valence-corrected chi connectivity index (χ2v) is 6.45. The normalized spacial score (nSPS) is 19.1. The van der Waals surface area contributed by atoms with E-state index in [9.17, 15) is 18.8 Å². The number of halogens is 1. The van der Waals surface area contributed by atoms with Gasteiger partial charge < -0.3 is 10.6 Å². The van der Waals surface area contributed by atoms with Crippen LogP contribution >= 0.6 is 0 Å². The molecule has 6 nitrogen and oxygen atoms in total. The van der Waals surface area contributed by atoms with Crippen LogP contribution in [0.5, 0.6) is 0 Å². The van der Waals surface area contributed by atoms with E-state index in [0.29, 0.717) is 23.2 Å². The highest BCUT2D eigenvalue weighted by Crippen LogP contribution is 2.32. The van der Waals surface area contributed by atoms with E-state index < -0.39 is 35.7 Å². The van der Waals surface area contributed by atoms with E-state index in [2.05, 4.69) is 10.6 Å². The van der Waals surface area contributed by atoms with Crippen LogP contribution in [0.1, 0.15) is 24.5 Å². The second kappa shape index (κ2) is 7.19. The number of nitrogens with one attached hydrogen (secondary N) is 2. The smallest absolute Gasteiger partial charge is 0.324 e. The Balaban J connectivity index is 1.79. The molecule has 1 aliphatic heterocycles. The van der Waals surface area contributed by atoms with Crippen LogP contribution in [0.3, 0.4) is 0 Å². The molecular formula is C20H20FN3O3. The molecule has 1 atom stereocenters. The predicted molar refractivity (Wildman–Crippen MR) is 98.4 cm³/mol. The summed E-state index contributed by atoms with van der Waals surface area (Å²) in [5.74, 6) is -1.54. The Morgan fingerprint density at radius 3 is 2.56 bits per heavy atom. The minimum absolute atomic E-state index is 0.303. The van der Waals surface area contributed by atoms with Gasteiger partial charge in [-0.25, -0.2) is 9.18 Å². The van der Waals surface area contributed by atoms with Crippen LogP contribution in [0.15, 0.2) is 48.5 Å². The van der Waals surface area contributed by atoms with Gasteiger partial charge in [0.1, 0.15) is 17.9 Å². The van der Waals surface area contributed by atoms with Crippen molar-refractivity contribution >= 4 is 23.5 Å². The molecule has 3 rings (SSSR count). The highest BCUT2D eigenvalue weighted by atomic mass is 19.1. The molecule has 27 heavy (non-hydrogen) atoms. The van der Waals surface area contributed by atoms with Gasteiger partial charge in [-0.1, -0.05) is 43.3 Å². The topological polar surface area (TPSA) is 78.5 Å². The molecule has 1 heterocycles. The lowest BCUT2D eigenvalue weighted by molar-refractivity contribution is -0.134. The molecule has 0 radical (unpaired) electrons. The number of anilines is 1. The lowest BCUT2D eigenvalue weighted by Crippen LogP contribution is -2.44. The molecule has 0 saturated carbocycles. The maximum absolute atomic E-state index is 13.4. The predicted octanol–water partition coefficient (Wildman–Crippen LogP) is 2.93. The first kappa shape index (κ1) is 18.6. The van der Waals surface area contributed by atoms with Crippen LogP contribution in [0.25, 0.3) is 0 Å². The quantitative estimate of drug-likeness (QED) is 0.796. The van der Waals surface area contributed by atoms with Gasteiger partial charge in [-0.3, -0.25) is 14.5 Å². The Labute approximate surface area is 156 Å². The van der Waals surface area contributed by atoms with Crippen LogP contribution in [0, 0.1) is 12.7 Å². The third kappa shape index (κ3) is 3.40. The van der Waals surface area contributed by atoms with Gasteiger partial charge in [-0.2, -0.15) is 0 Å². The van der Waals surface area contributed by atoms with Crippen molar-refractivity contribution in [2.45, 2.75) is 25.8 Å². The zero-order chi connectivity index (χ0) is 19.6. The molecule has 0 spiro atoms. The summed E-state index contributed by atoms with van der Waals surface area (Å²) >= 11 is 0. The Kier molecular flexibility index (Phi) is 4.94. The van der Waals surface area contributed by atoms with Gasteiger partial charge in [0.15, 0.2) is 0 Å². The summed E-state index contributed by atoms with van der Waals surface area (Å²) in [5.41, 5.74) is 0.452. The first-order valence-electron chi connectivity index (χ1n) is 8.63. The van der Waals surface area contributed by atoms with E-state index >= 15 is 0 Å². The standard InChI is InChI=1S/C20H20FN3O3/c1-3-20(14-7-5-4-6-8-14)18(26)24(19(27)23-20)12-17(25)22-16-11-15(21)10-9-13(16)2/h4-11H,3,12H2,1-2H3,(H,22,25)(H,23,27). The molecule has 2 N–H and O–H groups in total. The molecule has 140 valence electrons. The highest BCUT2D eigenvalue weighted by Gasteiger charge is 2.51. The van der Waals surface area contributed by atoms with Gasteiger partial charge in [0.2, 0.25) is 5.91 Å². The lowest BCUT2D eigenvalue weighted by atomic mass is 9.87. The van der Waals surface area contributed by atoms with Gasteiger partial charge in [0.25, 0.3) is 5.91 Å². The SMILES string of the molecule is CCC1(c2ccccc2)NC(=O)N(CC(=O)Nc2cc(F)ccc2C)C1=O. The van der Waals surface area contributed by atoms with Crippen molar-refractivity contribution in [3.8, 4) is 0 Å². The van der Waals surface area contributed by atoms with Gasteiger partial charge in [0, 0.05) is 5.69 Å². The van der Waals surface area contributed by atoms with E-state index in [4.69, 9.17) is 0 Å². The van der Waals surface area contributed by atoms with Gasteiger partial charge in [-0.05, 0) is 36.6 Å². The molecule has 7 heteroatoms. The van der Waals surface area contributed by atoms with Crippen molar-refractivity contribution in [2.24, 2.45) is 0 Å². The molecular weight excluding hydrogens is 349 g/mol. The number of carbonyl (C=O) groups excluding carboxylic acids is 3. The number of amides is 4. The Bertz CT molecular complexity index is 901. The molecule has 1 aliphatic rings.